The van der Waals surface area contributed by atoms with Crippen molar-refractivity contribution in [2.24, 2.45) is 5.73 Å². The summed E-state index contributed by atoms with van der Waals surface area (Å²) in [6.45, 7) is 0.0396. The molecular formula is C11H5N5. The van der Waals surface area contributed by atoms with E-state index in [1.807, 2.05) is 12.1 Å². The first-order valence-corrected chi connectivity index (χ1v) is 4.23. The molecule has 0 heterocycles. The van der Waals surface area contributed by atoms with Crippen molar-refractivity contribution in [2.45, 2.75) is 6.54 Å². The highest BCUT2D eigenvalue weighted by Crippen LogP contribution is 2.21. The van der Waals surface area contributed by atoms with Crippen molar-refractivity contribution in [1.29, 1.82) is 21.0 Å². The number of hydrogen-bond donors (Lipinski definition) is 1. The summed E-state index contributed by atoms with van der Waals surface area (Å²) in [5.74, 6) is 0. The summed E-state index contributed by atoms with van der Waals surface area (Å²) >= 11 is 0. The molecule has 0 saturated carbocycles. The summed E-state index contributed by atoms with van der Waals surface area (Å²) in [5.41, 5.74) is 5.80. The standard InChI is InChI=1S/C11H5N5/c12-2-7-1-8(3-13)10(5-15)11(6-16)9(7)4-14/h1H,2,12H2. The molecule has 1 aromatic rings. The molecule has 16 heavy (non-hydrogen) atoms. The highest BCUT2D eigenvalue weighted by Gasteiger charge is 2.16. The first kappa shape index (κ1) is 11.2. The third-order valence-electron chi connectivity index (χ3n) is 2.08. The summed E-state index contributed by atoms with van der Waals surface area (Å²) in [6.07, 6.45) is 0. The predicted molar refractivity (Wildman–Crippen MR) is 53.2 cm³/mol. The van der Waals surface area contributed by atoms with Crippen LogP contribution in [0.15, 0.2) is 6.07 Å². The van der Waals surface area contributed by atoms with Crippen LogP contribution in [0.1, 0.15) is 27.8 Å². The van der Waals surface area contributed by atoms with Gasteiger partial charge >= 0.3 is 0 Å². The highest BCUT2D eigenvalue weighted by atomic mass is 14.5. The van der Waals surface area contributed by atoms with Crippen LogP contribution < -0.4 is 5.73 Å². The number of benzene rings is 1. The normalized spacial score (nSPS) is 8.31. The first-order chi connectivity index (χ1) is 7.73. The molecule has 1 aromatic carbocycles. The van der Waals surface area contributed by atoms with E-state index in [0.717, 1.165) is 0 Å². The Bertz CT molecular complexity index is 602. The maximum Gasteiger partial charge on any atom is 0.102 e. The van der Waals surface area contributed by atoms with Crippen LogP contribution in [0.3, 0.4) is 0 Å². The van der Waals surface area contributed by atoms with Gasteiger partial charge in [0.05, 0.1) is 22.3 Å². The van der Waals surface area contributed by atoms with Crippen molar-refractivity contribution in [3.63, 3.8) is 0 Å². The van der Waals surface area contributed by atoms with Crippen molar-refractivity contribution in [2.75, 3.05) is 0 Å². The fraction of sp³-hybridized carbons (Fsp3) is 0.0909. The van der Waals surface area contributed by atoms with Crippen molar-refractivity contribution in [3.8, 4) is 24.3 Å². The molecule has 0 aliphatic rings. The number of nitrogens with two attached hydrogens (primary N) is 1. The molecule has 0 spiro atoms. The Morgan fingerprint density at radius 2 is 1.44 bits per heavy atom. The average molecular weight is 207 g/mol. The molecule has 0 unspecified atom stereocenters. The Balaban J connectivity index is 3.83. The minimum absolute atomic E-state index is 0.0396. The second kappa shape index (κ2) is 4.58. The minimum Gasteiger partial charge on any atom is -0.326 e. The second-order valence-electron chi connectivity index (χ2n) is 2.86. The van der Waals surface area contributed by atoms with E-state index in [-0.39, 0.29) is 28.8 Å². The fourth-order valence-corrected chi connectivity index (χ4v) is 1.34. The molecular weight excluding hydrogens is 202 g/mol. The van der Waals surface area contributed by atoms with Crippen molar-refractivity contribution >= 4 is 0 Å². The zero-order chi connectivity index (χ0) is 12.1. The van der Waals surface area contributed by atoms with Gasteiger partial charge in [0, 0.05) is 6.54 Å². The van der Waals surface area contributed by atoms with Crippen LogP contribution in [0.25, 0.3) is 0 Å². The lowest BCUT2D eigenvalue weighted by Gasteiger charge is -2.05. The van der Waals surface area contributed by atoms with Crippen LogP contribution >= 0.6 is 0 Å². The van der Waals surface area contributed by atoms with Crippen molar-refractivity contribution in [3.05, 3.63) is 33.9 Å². The molecule has 0 aliphatic heterocycles. The van der Waals surface area contributed by atoms with Crippen LogP contribution in [0.2, 0.25) is 0 Å². The molecule has 1 rings (SSSR count). The average Bonchev–Trinajstić information content (AvgIpc) is 2.35. The summed E-state index contributed by atoms with van der Waals surface area (Å²) in [6, 6.07) is 8.53. The fourth-order valence-electron chi connectivity index (χ4n) is 1.34. The molecule has 0 fully saturated rings. The molecule has 0 aromatic heterocycles. The monoisotopic (exact) mass is 207 g/mol. The van der Waals surface area contributed by atoms with Gasteiger partial charge in [-0.2, -0.15) is 21.0 Å². The van der Waals surface area contributed by atoms with Crippen LogP contribution in [0.4, 0.5) is 0 Å². The summed E-state index contributed by atoms with van der Waals surface area (Å²) < 4.78 is 0. The van der Waals surface area contributed by atoms with Crippen LogP contribution in [-0.4, -0.2) is 0 Å². The summed E-state index contributed by atoms with van der Waals surface area (Å²) in [7, 11) is 0. The molecule has 0 aliphatic carbocycles. The van der Waals surface area contributed by atoms with E-state index in [4.69, 9.17) is 26.8 Å². The zero-order valence-electron chi connectivity index (χ0n) is 8.15. The Morgan fingerprint density at radius 1 is 0.875 bits per heavy atom. The Hall–Kier alpha value is -2.86. The highest BCUT2D eigenvalue weighted by molar-refractivity contribution is 5.64. The lowest BCUT2D eigenvalue weighted by molar-refractivity contribution is 1.06. The van der Waals surface area contributed by atoms with Gasteiger partial charge in [-0.25, -0.2) is 0 Å². The number of nitriles is 4. The van der Waals surface area contributed by atoms with E-state index >= 15 is 0 Å². The Kier molecular flexibility index (Phi) is 3.21. The third kappa shape index (κ3) is 1.56. The maximum atomic E-state index is 8.90. The first-order valence-electron chi connectivity index (χ1n) is 4.23. The number of rotatable bonds is 1. The maximum absolute atomic E-state index is 8.90. The molecule has 0 atom stereocenters. The largest absolute Gasteiger partial charge is 0.326 e. The van der Waals surface area contributed by atoms with Gasteiger partial charge in [-0.3, -0.25) is 0 Å². The smallest absolute Gasteiger partial charge is 0.102 e. The zero-order valence-corrected chi connectivity index (χ0v) is 8.15. The lowest BCUT2D eigenvalue weighted by Crippen LogP contribution is -2.05. The van der Waals surface area contributed by atoms with Crippen LogP contribution in [0.5, 0.6) is 0 Å². The van der Waals surface area contributed by atoms with Crippen LogP contribution in [-0.2, 0) is 6.54 Å². The van der Waals surface area contributed by atoms with Crippen molar-refractivity contribution < 1.29 is 0 Å². The van der Waals surface area contributed by atoms with Gasteiger partial charge in [-0.05, 0) is 11.6 Å². The van der Waals surface area contributed by atoms with E-state index in [1.54, 1.807) is 12.1 Å². The Labute approximate surface area is 92.2 Å². The minimum atomic E-state index is -0.0792. The van der Waals surface area contributed by atoms with Crippen LogP contribution in [0, 0.1) is 45.3 Å². The lowest BCUT2D eigenvalue weighted by atomic mass is 9.93. The van der Waals surface area contributed by atoms with Gasteiger partial charge in [-0.1, -0.05) is 0 Å². The molecule has 5 nitrogen and oxygen atoms in total. The third-order valence-corrected chi connectivity index (χ3v) is 2.08. The van der Waals surface area contributed by atoms with Crippen molar-refractivity contribution in [1.82, 2.24) is 0 Å². The Morgan fingerprint density at radius 3 is 1.81 bits per heavy atom. The van der Waals surface area contributed by atoms with Gasteiger partial charge in [0.15, 0.2) is 0 Å². The molecule has 0 saturated heterocycles. The molecule has 74 valence electrons. The molecule has 0 amide bonds. The topological polar surface area (TPSA) is 121 Å². The molecule has 2 N–H and O–H groups in total. The summed E-state index contributed by atoms with van der Waals surface area (Å²) in [5, 5.41) is 35.5. The number of hydrogen-bond acceptors (Lipinski definition) is 5. The predicted octanol–water partition coefficient (Wildman–Crippen LogP) is 0.632. The number of nitrogens with zero attached hydrogens (tertiary/aromatic N) is 4. The molecule has 0 radical (unpaired) electrons. The SMILES string of the molecule is N#Cc1cc(CN)c(C#N)c(C#N)c1C#N. The van der Waals surface area contributed by atoms with E-state index in [1.165, 1.54) is 6.07 Å². The quantitative estimate of drug-likeness (QED) is 0.723. The molecule has 5 heteroatoms. The van der Waals surface area contributed by atoms with Gasteiger partial charge in [0.25, 0.3) is 0 Å². The van der Waals surface area contributed by atoms with Gasteiger partial charge < -0.3 is 5.73 Å². The van der Waals surface area contributed by atoms with E-state index < -0.39 is 0 Å². The second-order valence-corrected chi connectivity index (χ2v) is 2.86. The molecule has 0 bridgehead atoms. The summed E-state index contributed by atoms with van der Waals surface area (Å²) in [4.78, 5) is 0. The van der Waals surface area contributed by atoms with Gasteiger partial charge in [0.1, 0.15) is 24.3 Å². The van der Waals surface area contributed by atoms with E-state index in [9.17, 15) is 0 Å². The van der Waals surface area contributed by atoms with Gasteiger partial charge in [0.2, 0.25) is 0 Å². The van der Waals surface area contributed by atoms with E-state index in [0.29, 0.717) is 5.56 Å². The van der Waals surface area contributed by atoms with Gasteiger partial charge in [-0.15, -0.1) is 0 Å². The van der Waals surface area contributed by atoms with E-state index in [2.05, 4.69) is 0 Å².